The van der Waals surface area contributed by atoms with E-state index in [1.807, 2.05) is 7.11 Å². The normalized spacial score (nSPS) is 27.2. The first-order chi connectivity index (χ1) is 9.34. The van der Waals surface area contributed by atoms with Crippen molar-refractivity contribution in [2.45, 2.75) is 44.2 Å². The van der Waals surface area contributed by atoms with Crippen LogP contribution in [0.2, 0.25) is 0 Å². The highest BCUT2D eigenvalue weighted by Gasteiger charge is 2.39. The third-order valence-electron chi connectivity index (χ3n) is 4.55. The van der Waals surface area contributed by atoms with Gasteiger partial charge in [-0.15, -0.1) is 0 Å². The molecule has 0 radical (unpaired) electrons. The molecule has 1 aliphatic heterocycles. The van der Waals surface area contributed by atoms with E-state index in [2.05, 4.69) is 35.6 Å². The van der Waals surface area contributed by atoms with Crippen LogP contribution in [0.4, 0.5) is 0 Å². The maximum absolute atomic E-state index is 5.98. The van der Waals surface area contributed by atoms with Crippen LogP contribution in [-0.2, 0) is 11.2 Å². The Labute approximate surface area is 115 Å². The second kappa shape index (κ2) is 5.48. The molecule has 0 amide bonds. The van der Waals surface area contributed by atoms with Crippen LogP contribution in [0.25, 0.3) is 0 Å². The van der Waals surface area contributed by atoms with Gasteiger partial charge in [0.1, 0.15) is 5.72 Å². The van der Waals surface area contributed by atoms with E-state index < -0.39 is 0 Å². The lowest BCUT2D eigenvalue weighted by Gasteiger charge is -2.43. The van der Waals surface area contributed by atoms with Crippen LogP contribution in [0, 0.1) is 0 Å². The molecule has 1 aromatic carbocycles. The molecule has 1 aliphatic carbocycles. The maximum atomic E-state index is 5.98. The SMILES string of the molecule is CO[C@]1(Cc2ccccc2)NCCC2=C1CCCC2. The van der Waals surface area contributed by atoms with Crippen molar-refractivity contribution < 1.29 is 4.74 Å². The van der Waals surface area contributed by atoms with Crippen LogP contribution in [0.1, 0.15) is 37.7 Å². The zero-order valence-electron chi connectivity index (χ0n) is 11.7. The summed E-state index contributed by atoms with van der Waals surface area (Å²) in [6, 6.07) is 10.7. The topological polar surface area (TPSA) is 21.3 Å². The minimum absolute atomic E-state index is 0.255. The van der Waals surface area contributed by atoms with Crippen molar-refractivity contribution in [2.24, 2.45) is 0 Å². The number of nitrogens with one attached hydrogen (secondary N) is 1. The Hall–Kier alpha value is -1.12. The predicted octanol–water partition coefficient (Wildman–Crippen LogP) is 3.44. The fourth-order valence-electron chi connectivity index (χ4n) is 3.57. The van der Waals surface area contributed by atoms with Crippen molar-refractivity contribution in [1.82, 2.24) is 5.32 Å². The smallest absolute Gasteiger partial charge is 0.145 e. The lowest BCUT2D eigenvalue weighted by molar-refractivity contribution is -0.0168. The minimum Gasteiger partial charge on any atom is -0.360 e. The van der Waals surface area contributed by atoms with Crippen molar-refractivity contribution in [3.05, 3.63) is 47.0 Å². The van der Waals surface area contributed by atoms with E-state index in [0.29, 0.717) is 0 Å². The number of rotatable bonds is 3. The number of benzene rings is 1. The van der Waals surface area contributed by atoms with Crippen LogP contribution in [0.15, 0.2) is 41.5 Å². The summed E-state index contributed by atoms with van der Waals surface area (Å²) in [5.74, 6) is 0. The number of hydrogen-bond acceptors (Lipinski definition) is 2. The molecular weight excluding hydrogens is 234 g/mol. The standard InChI is InChI=1S/C17H23NO/c1-19-17(13-14-7-3-2-4-8-14)16-10-6-5-9-15(16)11-12-18-17/h2-4,7-8,18H,5-6,9-13H2,1H3/t17-/m0/s1. The number of ether oxygens (including phenoxy) is 1. The summed E-state index contributed by atoms with van der Waals surface area (Å²) in [7, 11) is 1.85. The Balaban J connectivity index is 1.93. The fourth-order valence-corrected chi connectivity index (χ4v) is 3.57. The monoisotopic (exact) mass is 257 g/mol. The van der Waals surface area contributed by atoms with E-state index in [-0.39, 0.29) is 5.72 Å². The first-order valence-electron chi connectivity index (χ1n) is 7.39. The molecule has 0 aromatic heterocycles. The summed E-state index contributed by atoms with van der Waals surface area (Å²) in [4.78, 5) is 0. The summed E-state index contributed by atoms with van der Waals surface area (Å²) in [5, 5.41) is 3.65. The molecule has 3 rings (SSSR count). The summed E-state index contributed by atoms with van der Waals surface area (Å²) in [6.45, 7) is 1.04. The van der Waals surface area contributed by atoms with Crippen molar-refractivity contribution >= 4 is 0 Å². The van der Waals surface area contributed by atoms with Gasteiger partial charge in [0.15, 0.2) is 0 Å². The first-order valence-corrected chi connectivity index (χ1v) is 7.39. The van der Waals surface area contributed by atoms with Crippen molar-refractivity contribution in [1.29, 1.82) is 0 Å². The quantitative estimate of drug-likeness (QED) is 0.838. The van der Waals surface area contributed by atoms with Crippen LogP contribution >= 0.6 is 0 Å². The Bertz CT molecular complexity index is 461. The minimum atomic E-state index is -0.255. The molecule has 1 aromatic rings. The van der Waals surface area contributed by atoms with Gasteiger partial charge >= 0.3 is 0 Å². The van der Waals surface area contributed by atoms with Crippen LogP contribution in [-0.4, -0.2) is 19.4 Å². The first kappa shape index (κ1) is 12.9. The third kappa shape index (κ3) is 2.47. The van der Waals surface area contributed by atoms with Crippen LogP contribution in [0.5, 0.6) is 0 Å². The number of methoxy groups -OCH3 is 1. The van der Waals surface area contributed by atoms with Gasteiger partial charge in [-0.25, -0.2) is 0 Å². The molecule has 2 aliphatic rings. The van der Waals surface area contributed by atoms with E-state index in [1.54, 1.807) is 5.57 Å². The average molecular weight is 257 g/mol. The summed E-state index contributed by atoms with van der Waals surface area (Å²) in [6.07, 6.45) is 7.27. The highest BCUT2D eigenvalue weighted by molar-refractivity contribution is 5.32. The van der Waals surface area contributed by atoms with Gasteiger partial charge in [0.05, 0.1) is 0 Å². The molecule has 2 heteroatoms. The second-order valence-electron chi connectivity index (χ2n) is 5.66. The molecule has 2 nitrogen and oxygen atoms in total. The highest BCUT2D eigenvalue weighted by atomic mass is 16.5. The third-order valence-corrected chi connectivity index (χ3v) is 4.55. The van der Waals surface area contributed by atoms with Crippen LogP contribution < -0.4 is 5.32 Å². The molecule has 0 bridgehead atoms. The molecule has 1 N–H and O–H groups in total. The summed E-state index contributed by atoms with van der Waals surface area (Å²) < 4.78 is 5.98. The molecule has 102 valence electrons. The zero-order valence-corrected chi connectivity index (χ0v) is 11.7. The Morgan fingerprint density at radius 2 is 1.89 bits per heavy atom. The van der Waals surface area contributed by atoms with E-state index >= 15 is 0 Å². The fraction of sp³-hybridized carbons (Fsp3) is 0.529. The van der Waals surface area contributed by atoms with E-state index in [0.717, 1.165) is 13.0 Å². The average Bonchev–Trinajstić information content (AvgIpc) is 2.49. The van der Waals surface area contributed by atoms with Crippen LogP contribution in [0.3, 0.4) is 0 Å². The van der Waals surface area contributed by atoms with Gasteiger partial charge in [-0.2, -0.15) is 0 Å². The molecule has 0 unspecified atom stereocenters. The van der Waals surface area contributed by atoms with Gasteiger partial charge in [0.25, 0.3) is 0 Å². The summed E-state index contributed by atoms with van der Waals surface area (Å²) >= 11 is 0. The Morgan fingerprint density at radius 1 is 1.11 bits per heavy atom. The maximum Gasteiger partial charge on any atom is 0.145 e. The lowest BCUT2D eigenvalue weighted by atomic mass is 9.79. The Morgan fingerprint density at radius 3 is 2.68 bits per heavy atom. The largest absolute Gasteiger partial charge is 0.360 e. The molecular formula is C17H23NO. The zero-order chi connectivity index (χ0) is 13.1. The van der Waals surface area contributed by atoms with Crippen molar-refractivity contribution in [3.8, 4) is 0 Å². The van der Waals surface area contributed by atoms with Gasteiger partial charge < -0.3 is 4.74 Å². The molecule has 0 saturated heterocycles. The predicted molar refractivity (Wildman–Crippen MR) is 78.0 cm³/mol. The molecule has 0 saturated carbocycles. The molecule has 0 fully saturated rings. The van der Waals surface area contributed by atoms with Gasteiger partial charge in [0.2, 0.25) is 0 Å². The number of hydrogen-bond donors (Lipinski definition) is 1. The summed E-state index contributed by atoms with van der Waals surface area (Å²) in [5.41, 5.74) is 4.28. The van der Waals surface area contributed by atoms with Crippen molar-refractivity contribution in [3.63, 3.8) is 0 Å². The molecule has 0 spiro atoms. The lowest BCUT2D eigenvalue weighted by Crippen LogP contribution is -2.54. The van der Waals surface area contributed by atoms with Gasteiger partial charge in [-0.05, 0) is 43.2 Å². The highest BCUT2D eigenvalue weighted by Crippen LogP contribution is 2.38. The van der Waals surface area contributed by atoms with E-state index in [4.69, 9.17) is 4.74 Å². The van der Waals surface area contributed by atoms with Gasteiger partial charge in [-0.1, -0.05) is 35.9 Å². The molecule has 19 heavy (non-hydrogen) atoms. The Kier molecular flexibility index (Phi) is 3.72. The second-order valence-corrected chi connectivity index (χ2v) is 5.66. The van der Waals surface area contributed by atoms with E-state index in [9.17, 15) is 0 Å². The van der Waals surface area contributed by atoms with Gasteiger partial charge in [-0.3, -0.25) is 5.32 Å². The molecule has 1 heterocycles. The van der Waals surface area contributed by atoms with Gasteiger partial charge in [0, 0.05) is 20.1 Å². The van der Waals surface area contributed by atoms with Crippen molar-refractivity contribution in [2.75, 3.05) is 13.7 Å². The van der Waals surface area contributed by atoms with E-state index in [1.165, 1.54) is 43.2 Å². The molecule has 1 atom stereocenters.